The number of nitrogens with zero attached hydrogens (tertiary/aromatic N) is 4. The predicted molar refractivity (Wildman–Crippen MR) is 67.4 cm³/mol. The molecule has 2 N–H and O–H groups in total. The summed E-state index contributed by atoms with van der Waals surface area (Å²) in [4.78, 5) is 14.0. The van der Waals surface area contributed by atoms with Crippen LogP contribution in [-0.2, 0) is 17.9 Å². The highest BCUT2D eigenvalue weighted by Gasteiger charge is 2.28. The average molecular weight is 251 g/mol. The van der Waals surface area contributed by atoms with E-state index in [1.807, 2.05) is 4.90 Å². The molecule has 0 spiro atoms. The van der Waals surface area contributed by atoms with E-state index in [0.717, 1.165) is 19.5 Å². The van der Waals surface area contributed by atoms with E-state index in [0.29, 0.717) is 24.1 Å². The molecule has 1 saturated heterocycles. The van der Waals surface area contributed by atoms with E-state index in [9.17, 15) is 4.79 Å². The zero-order valence-electron chi connectivity index (χ0n) is 11.0. The lowest BCUT2D eigenvalue weighted by atomic mass is 9.95. The molecular weight excluding hydrogens is 230 g/mol. The van der Waals surface area contributed by atoms with Crippen molar-refractivity contribution in [3.8, 4) is 0 Å². The number of likely N-dealkylation sites (tertiary alicyclic amines) is 1. The molecule has 1 atom stereocenters. The number of rotatable bonds is 4. The summed E-state index contributed by atoms with van der Waals surface area (Å²) in [6, 6.07) is 0. The van der Waals surface area contributed by atoms with Crippen LogP contribution in [-0.4, -0.2) is 38.9 Å². The van der Waals surface area contributed by atoms with Gasteiger partial charge in [-0.2, -0.15) is 0 Å². The van der Waals surface area contributed by atoms with Crippen molar-refractivity contribution >= 4 is 5.91 Å². The Kier molecular flexibility index (Phi) is 3.96. The second-order valence-corrected chi connectivity index (χ2v) is 5.24. The highest BCUT2D eigenvalue weighted by atomic mass is 16.2. The molecule has 1 unspecified atom stereocenters. The van der Waals surface area contributed by atoms with Crippen LogP contribution in [0.15, 0.2) is 6.20 Å². The Labute approximate surface area is 107 Å². The van der Waals surface area contributed by atoms with Gasteiger partial charge in [0, 0.05) is 19.6 Å². The van der Waals surface area contributed by atoms with Crippen molar-refractivity contribution in [1.29, 1.82) is 0 Å². The second-order valence-electron chi connectivity index (χ2n) is 5.24. The van der Waals surface area contributed by atoms with Gasteiger partial charge >= 0.3 is 0 Å². The molecule has 1 aliphatic heterocycles. The zero-order valence-corrected chi connectivity index (χ0v) is 11.0. The number of carbonyl (C=O) groups excluding carboxylic acids is 1. The van der Waals surface area contributed by atoms with Crippen LogP contribution in [0.2, 0.25) is 0 Å². The van der Waals surface area contributed by atoms with Crippen molar-refractivity contribution in [3.05, 3.63) is 11.9 Å². The summed E-state index contributed by atoms with van der Waals surface area (Å²) in [7, 11) is 0. The summed E-state index contributed by atoms with van der Waals surface area (Å²) >= 11 is 0. The maximum Gasteiger partial charge on any atom is 0.244 e. The van der Waals surface area contributed by atoms with Gasteiger partial charge in [-0.15, -0.1) is 5.10 Å². The molecule has 2 heterocycles. The highest BCUT2D eigenvalue weighted by Crippen LogP contribution is 2.23. The minimum absolute atomic E-state index is 0.117. The Morgan fingerprint density at radius 2 is 2.39 bits per heavy atom. The van der Waals surface area contributed by atoms with E-state index in [2.05, 4.69) is 24.2 Å². The van der Waals surface area contributed by atoms with Gasteiger partial charge in [0.25, 0.3) is 0 Å². The van der Waals surface area contributed by atoms with Crippen LogP contribution in [0, 0.1) is 11.8 Å². The van der Waals surface area contributed by atoms with Crippen LogP contribution in [0.1, 0.15) is 26.0 Å². The molecule has 0 aliphatic carbocycles. The SMILES string of the molecule is CC(C)C1CCN(C(=O)Cn2cc(CN)nn2)C1. The first-order valence-electron chi connectivity index (χ1n) is 6.47. The Bertz CT molecular complexity index is 414. The van der Waals surface area contributed by atoms with Crippen molar-refractivity contribution < 1.29 is 4.79 Å². The lowest BCUT2D eigenvalue weighted by molar-refractivity contribution is -0.131. The Morgan fingerprint density at radius 1 is 1.61 bits per heavy atom. The molecular formula is C12H21N5O. The van der Waals surface area contributed by atoms with Gasteiger partial charge < -0.3 is 10.6 Å². The topological polar surface area (TPSA) is 77.0 Å². The van der Waals surface area contributed by atoms with Gasteiger partial charge in [0.2, 0.25) is 5.91 Å². The largest absolute Gasteiger partial charge is 0.341 e. The summed E-state index contributed by atoms with van der Waals surface area (Å²) in [6.45, 7) is 6.77. The first-order chi connectivity index (χ1) is 8.60. The number of nitrogens with two attached hydrogens (primary N) is 1. The monoisotopic (exact) mass is 251 g/mol. The smallest absolute Gasteiger partial charge is 0.244 e. The number of amides is 1. The van der Waals surface area contributed by atoms with Crippen molar-refractivity contribution in [2.45, 2.75) is 33.4 Å². The maximum atomic E-state index is 12.1. The number of hydrogen-bond acceptors (Lipinski definition) is 4. The molecule has 1 aliphatic rings. The van der Waals surface area contributed by atoms with Gasteiger partial charge in [-0.25, -0.2) is 4.68 Å². The zero-order chi connectivity index (χ0) is 13.1. The fourth-order valence-electron chi connectivity index (χ4n) is 2.31. The van der Waals surface area contributed by atoms with Crippen molar-refractivity contribution in [3.63, 3.8) is 0 Å². The fourth-order valence-corrected chi connectivity index (χ4v) is 2.31. The molecule has 100 valence electrons. The Morgan fingerprint density at radius 3 is 2.94 bits per heavy atom. The second kappa shape index (κ2) is 5.48. The molecule has 0 radical (unpaired) electrons. The van der Waals surface area contributed by atoms with Gasteiger partial charge in [0.15, 0.2) is 0 Å². The molecule has 6 heteroatoms. The summed E-state index contributed by atoms with van der Waals surface area (Å²) < 4.78 is 1.56. The third-order valence-electron chi connectivity index (χ3n) is 3.61. The molecule has 18 heavy (non-hydrogen) atoms. The van der Waals surface area contributed by atoms with Gasteiger partial charge in [0.1, 0.15) is 6.54 Å². The Balaban J connectivity index is 1.89. The van der Waals surface area contributed by atoms with Gasteiger partial charge in [0.05, 0.1) is 11.9 Å². The van der Waals surface area contributed by atoms with Crippen LogP contribution < -0.4 is 5.73 Å². The maximum absolute atomic E-state index is 12.1. The molecule has 1 amide bonds. The minimum Gasteiger partial charge on any atom is -0.341 e. The quantitative estimate of drug-likeness (QED) is 0.831. The number of aromatic nitrogens is 3. The van der Waals surface area contributed by atoms with E-state index in [1.165, 1.54) is 0 Å². The van der Waals surface area contributed by atoms with Crippen molar-refractivity contribution in [1.82, 2.24) is 19.9 Å². The Hall–Kier alpha value is -1.43. The molecule has 1 aromatic heterocycles. The van der Waals surface area contributed by atoms with Crippen LogP contribution >= 0.6 is 0 Å². The number of carbonyl (C=O) groups is 1. The van der Waals surface area contributed by atoms with Crippen molar-refractivity contribution in [2.75, 3.05) is 13.1 Å². The normalized spacial score (nSPS) is 19.8. The van der Waals surface area contributed by atoms with Crippen LogP contribution in [0.3, 0.4) is 0 Å². The first kappa shape index (κ1) is 13.0. The molecule has 1 fully saturated rings. The average Bonchev–Trinajstić information content (AvgIpc) is 2.97. The van der Waals surface area contributed by atoms with Crippen LogP contribution in [0.25, 0.3) is 0 Å². The lowest BCUT2D eigenvalue weighted by Crippen LogP contribution is -2.32. The summed E-state index contributed by atoms with van der Waals surface area (Å²) in [5, 5.41) is 7.77. The summed E-state index contributed by atoms with van der Waals surface area (Å²) in [5.74, 6) is 1.38. The summed E-state index contributed by atoms with van der Waals surface area (Å²) in [6.07, 6.45) is 2.84. The van der Waals surface area contributed by atoms with Crippen molar-refractivity contribution in [2.24, 2.45) is 17.6 Å². The first-order valence-corrected chi connectivity index (χ1v) is 6.47. The standard InChI is InChI=1S/C12H21N5O/c1-9(2)10-3-4-16(6-10)12(18)8-17-7-11(5-13)14-15-17/h7,9-10H,3-6,8,13H2,1-2H3. The third kappa shape index (κ3) is 2.87. The van der Waals surface area contributed by atoms with E-state index in [1.54, 1.807) is 10.9 Å². The molecule has 0 aromatic carbocycles. The van der Waals surface area contributed by atoms with Gasteiger partial charge in [-0.1, -0.05) is 19.1 Å². The fraction of sp³-hybridized carbons (Fsp3) is 0.750. The van der Waals surface area contributed by atoms with Gasteiger partial charge in [-0.05, 0) is 18.3 Å². The van der Waals surface area contributed by atoms with Crippen LogP contribution in [0.4, 0.5) is 0 Å². The third-order valence-corrected chi connectivity index (χ3v) is 3.61. The highest BCUT2D eigenvalue weighted by molar-refractivity contribution is 5.76. The van der Waals surface area contributed by atoms with E-state index < -0.39 is 0 Å². The van der Waals surface area contributed by atoms with E-state index >= 15 is 0 Å². The summed E-state index contributed by atoms with van der Waals surface area (Å²) in [5.41, 5.74) is 6.17. The van der Waals surface area contributed by atoms with E-state index in [-0.39, 0.29) is 12.5 Å². The number of hydrogen-bond donors (Lipinski definition) is 1. The molecule has 0 saturated carbocycles. The molecule has 1 aromatic rings. The molecule has 6 nitrogen and oxygen atoms in total. The van der Waals surface area contributed by atoms with E-state index in [4.69, 9.17) is 5.73 Å². The molecule has 0 bridgehead atoms. The van der Waals surface area contributed by atoms with Gasteiger partial charge in [-0.3, -0.25) is 4.79 Å². The van der Waals surface area contributed by atoms with Crippen LogP contribution in [0.5, 0.6) is 0 Å². The minimum atomic E-state index is 0.117. The lowest BCUT2D eigenvalue weighted by Gasteiger charge is -2.17. The predicted octanol–water partition coefficient (Wildman–Crippen LogP) is 0.241. The molecule has 2 rings (SSSR count).